The van der Waals surface area contributed by atoms with Crippen LogP contribution in [0.1, 0.15) is 23.1 Å². The van der Waals surface area contributed by atoms with E-state index in [1.165, 1.54) is 16.0 Å². The lowest BCUT2D eigenvalue weighted by molar-refractivity contribution is -0.872. The maximum atomic E-state index is 12.3. The van der Waals surface area contributed by atoms with Crippen LogP contribution in [0.5, 0.6) is 11.5 Å². The summed E-state index contributed by atoms with van der Waals surface area (Å²) >= 11 is 0. The van der Waals surface area contributed by atoms with Crippen molar-refractivity contribution in [1.29, 1.82) is 0 Å². The van der Waals surface area contributed by atoms with Gasteiger partial charge < -0.3 is 19.7 Å². The van der Waals surface area contributed by atoms with E-state index in [0.29, 0.717) is 30.9 Å². The molecule has 2 aromatic carbocycles. The molecular formula is C21H29N2O3+. The minimum Gasteiger partial charge on any atom is -0.493 e. The van der Waals surface area contributed by atoms with E-state index in [-0.39, 0.29) is 5.91 Å². The molecule has 0 fully saturated rings. The van der Waals surface area contributed by atoms with E-state index in [1.807, 2.05) is 30.3 Å². The highest BCUT2D eigenvalue weighted by atomic mass is 16.5. The predicted molar refractivity (Wildman–Crippen MR) is 103 cm³/mol. The van der Waals surface area contributed by atoms with Crippen LogP contribution >= 0.6 is 0 Å². The van der Waals surface area contributed by atoms with Gasteiger partial charge in [0.25, 0.3) is 0 Å². The van der Waals surface area contributed by atoms with Crippen LogP contribution in [-0.2, 0) is 24.3 Å². The van der Waals surface area contributed by atoms with E-state index >= 15 is 0 Å². The first kappa shape index (κ1) is 19.8. The fourth-order valence-corrected chi connectivity index (χ4v) is 2.96. The topological polar surface area (TPSA) is 52.0 Å². The maximum absolute atomic E-state index is 12.3. The Balaban J connectivity index is 1.93. The van der Waals surface area contributed by atoms with Gasteiger partial charge in [-0.25, -0.2) is 0 Å². The Kier molecular flexibility index (Phi) is 7.48. The largest absolute Gasteiger partial charge is 0.493 e. The zero-order chi connectivity index (χ0) is 18.9. The number of hydrogen-bond acceptors (Lipinski definition) is 3. The molecule has 0 saturated carbocycles. The van der Waals surface area contributed by atoms with Crippen molar-refractivity contribution < 1.29 is 19.2 Å². The molecule has 2 N–H and O–H groups in total. The summed E-state index contributed by atoms with van der Waals surface area (Å²) in [5.74, 6) is 1.41. The molecule has 5 nitrogen and oxygen atoms in total. The van der Waals surface area contributed by atoms with Crippen LogP contribution in [0.2, 0.25) is 0 Å². The van der Waals surface area contributed by atoms with E-state index in [9.17, 15) is 4.79 Å². The summed E-state index contributed by atoms with van der Waals surface area (Å²) in [7, 11) is 7.47. The molecule has 0 saturated heterocycles. The molecule has 0 atom stereocenters. The van der Waals surface area contributed by atoms with E-state index < -0.39 is 0 Å². The number of quaternary nitrogens is 1. The highest BCUT2D eigenvalue weighted by molar-refractivity contribution is 5.76. The van der Waals surface area contributed by atoms with Crippen LogP contribution in [0.4, 0.5) is 0 Å². The summed E-state index contributed by atoms with van der Waals surface area (Å²) in [5, 5.41) is 3.03. The minimum absolute atomic E-state index is 0.0295. The molecule has 26 heavy (non-hydrogen) atoms. The molecular weight excluding hydrogens is 328 g/mol. The number of methoxy groups -OCH3 is 2. The summed E-state index contributed by atoms with van der Waals surface area (Å²) in [6.45, 7) is 1.49. The van der Waals surface area contributed by atoms with Gasteiger partial charge in [-0.3, -0.25) is 4.79 Å². The molecule has 5 heteroatoms. The Labute approximate surface area is 155 Å². The number of carbonyl (C=O) groups excluding carboxylic acids is 1. The SMILES string of the molecule is COc1cccc(CCC(=O)NCc2ccccc2C[NH+](C)C)c1OC. The fraction of sp³-hybridized carbons (Fsp3) is 0.381. The van der Waals surface area contributed by atoms with E-state index in [4.69, 9.17) is 9.47 Å². The Morgan fingerprint density at radius 1 is 0.962 bits per heavy atom. The second-order valence-corrected chi connectivity index (χ2v) is 6.58. The van der Waals surface area contributed by atoms with Gasteiger partial charge >= 0.3 is 0 Å². The van der Waals surface area contributed by atoms with Crippen LogP contribution < -0.4 is 19.7 Å². The third-order valence-corrected chi connectivity index (χ3v) is 4.24. The molecule has 0 bridgehead atoms. The second kappa shape index (κ2) is 9.82. The highest BCUT2D eigenvalue weighted by Crippen LogP contribution is 2.31. The van der Waals surface area contributed by atoms with Crippen molar-refractivity contribution in [3.63, 3.8) is 0 Å². The molecule has 2 rings (SSSR count). The monoisotopic (exact) mass is 357 g/mol. The third kappa shape index (κ3) is 5.49. The molecule has 0 unspecified atom stereocenters. The Morgan fingerprint density at radius 3 is 2.31 bits per heavy atom. The standard InChI is InChI=1S/C21H28N2O3/c1-23(2)15-18-9-6-5-8-17(18)14-22-20(24)13-12-16-10-7-11-19(25-3)21(16)26-4/h5-11H,12-15H2,1-4H3,(H,22,24)/p+1. The van der Waals surface area contributed by atoms with Crippen LogP contribution in [0, 0.1) is 0 Å². The van der Waals surface area contributed by atoms with Crippen molar-refractivity contribution in [3.05, 3.63) is 59.2 Å². The van der Waals surface area contributed by atoms with Crippen LogP contribution in [0.25, 0.3) is 0 Å². The molecule has 0 heterocycles. The molecule has 0 spiro atoms. The molecule has 0 radical (unpaired) electrons. The highest BCUT2D eigenvalue weighted by Gasteiger charge is 2.12. The average molecular weight is 357 g/mol. The minimum atomic E-state index is 0.0295. The van der Waals surface area contributed by atoms with Crippen LogP contribution in [-0.4, -0.2) is 34.2 Å². The molecule has 1 amide bonds. The quantitative estimate of drug-likeness (QED) is 0.717. The van der Waals surface area contributed by atoms with E-state index in [1.54, 1.807) is 14.2 Å². The van der Waals surface area contributed by atoms with Crippen molar-refractivity contribution >= 4 is 5.91 Å². The lowest BCUT2D eigenvalue weighted by Gasteiger charge is -2.14. The number of rotatable bonds is 9. The summed E-state index contributed by atoms with van der Waals surface area (Å²) < 4.78 is 10.7. The average Bonchev–Trinajstić information content (AvgIpc) is 2.64. The van der Waals surface area contributed by atoms with E-state index in [2.05, 4.69) is 31.5 Å². The summed E-state index contributed by atoms with van der Waals surface area (Å²) in [5.41, 5.74) is 3.40. The first-order valence-corrected chi connectivity index (χ1v) is 8.87. The van der Waals surface area contributed by atoms with Crippen molar-refractivity contribution in [1.82, 2.24) is 5.32 Å². The van der Waals surface area contributed by atoms with Gasteiger partial charge in [0.2, 0.25) is 5.91 Å². The van der Waals surface area contributed by atoms with Crippen molar-refractivity contribution in [2.75, 3.05) is 28.3 Å². The predicted octanol–water partition coefficient (Wildman–Crippen LogP) is 1.60. The van der Waals surface area contributed by atoms with Crippen molar-refractivity contribution in [2.24, 2.45) is 0 Å². The molecule has 0 aliphatic carbocycles. The van der Waals surface area contributed by atoms with Gasteiger partial charge in [0.05, 0.1) is 28.3 Å². The lowest BCUT2D eigenvalue weighted by Crippen LogP contribution is -3.04. The Bertz CT molecular complexity index is 729. The number of nitrogens with one attached hydrogen (secondary N) is 2. The third-order valence-electron chi connectivity index (χ3n) is 4.24. The molecule has 2 aromatic rings. The molecule has 0 aliphatic rings. The van der Waals surface area contributed by atoms with Crippen molar-refractivity contribution in [2.45, 2.75) is 25.9 Å². The van der Waals surface area contributed by atoms with Gasteiger partial charge in [0.15, 0.2) is 11.5 Å². The number of aryl methyl sites for hydroxylation is 1. The summed E-state index contributed by atoms with van der Waals surface area (Å²) in [4.78, 5) is 13.6. The fourth-order valence-electron chi connectivity index (χ4n) is 2.96. The molecule has 140 valence electrons. The van der Waals surface area contributed by atoms with Crippen LogP contribution in [0.3, 0.4) is 0 Å². The molecule has 0 aromatic heterocycles. The number of para-hydroxylation sites is 1. The van der Waals surface area contributed by atoms with Gasteiger partial charge in [-0.2, -0.15) is 0 Å². The smallest absolute Gasteiger partial charge is 0.220 e. The number of amides is 1. The van der Waals surface area contributed by atoms with Crippen molar-refractivity contribution in [3.8, 4) is 11.5 Å². The number of hydrogen-bond donors (Lipinski definition) is 2. The summed E-state index contributed by atoms with van der Waals surface area (Å²) in [6.07, 6.45) is 1.01. The molecule has 0 aliphatic heterocycles. The summed E-state index contributed by atoms with van der Waals surface area (Å²) in [6, 6.07) is 14.0. The second-order valence-electron chi connectivity index (χ2n) is 6.58. The normalized spacial score (nSPS) is 10.7. The van der Waals surface area contributed by atoms with Gasteiger partial charge in [-0.15, -0.1) is 0 Å². The Morgan fingerprint density at radius 2 is 1.65 bits per heavy atom. The first-order valence-electron chi connectivity index (χ1n) is 8.87. The van der Waals surface area contributed by atoms with E-state index in [0.717, 1.165) is 12.1 Å². The van der Waals surface area contributed by atoms with Crippen LogP contribution in [0.15, 0.2) is 42.5 Å². The zero-order valence-electron chi connectivity index (χ0n) is 16.1. The number of ether oxygens (including phenoxy) is 2. The first-order chi connectivity index (χ1) is 12.5. The van der Waals surface area contributed by atoms with Gasteiger partial charge in [0.1, 0.15) is 6.54 Å². The van der Waals surface area contributed by atoms with Gasteiger partial charge in [-0.05, 0) is 23.6 Å². The van der Waals surface area contributed by atoms with Gasteiger partial charge in [-0.1, -0.05) is 36.4 Å². The maximum Gasteiger partial charge on any atom is 0.220 e. The van der Waals surface area contributed by atoms with Gasteiger partial charge in [0, 0.05) is 18.5 Å². The zero-order valence-corrected chi connectivity index (χ0v) is 16.1. The lowest BCUT2D eigenvalue weighted by atomic mass is 10.1. The Hall–Kier alpha value is -2.53. The number of benzene rings is 2. The number of carbonyl (C=O) groups is 1.